The van der Waals surface area contributed by atoms with Gasteiger partial charge in [0, 0.05) is 6.04 Å². The quantitative estimate of drug-likeness (QED) is 0.252. The van der Waals surface area contributed by atoms with Gasteiger partial charge in [0.1, 0.15) is 0 Å². The summed E-state index contributed by atoms with van der Waals surface area (Å²) in [5.74, 6) is 2.30. The zero-order chi connectivity index (χ0) is 17.5. The zero-order valence-corrected chi connectivity index (χ0v) is 16.8. The summed E-state index contributed by atoms with van der Waals surface area (Å²) < 4.78 is 0. The molecule has 0 aliphatic carbocycles. The molecule has 2 N–H and O–H groups in total. The summed E-state index contributed by atoms with van der Waals surface area (Å²) >= 11 is 0. The number of unbranched alkanes of at least 4 members (excludes halogenated alkanes) is 6. The van der Waals surface area contributed by atoms with Crippen molar-refractivity contribution in [3.05, 3.63) is 12.2 Å². The molecule has 0 heterocycles. The van der Waals surface area contributed by atoms with Crippen molar-refractivity contribution in [1.29, 1.82) is 0 Å². The molecule has 0 saturated heterocycles. The maximum absolute atomic E-state index is 6.34. The van der Waals surface area contributed by atoms with Gasteiger partial charge in [0.15, 0.2) is 0 Å². The Hall–Kier alpha value is -0.300. The normalized spacial score (nSPS) is 16.1. The molecule has 0 rings (SSSR count). The summed E-state index contributed by atoms with van der Waals surface area (Å²) in [5, 5.41) is 0. The smallest absolute Gasteiger partial charge is 0.00992 e. The Labute approximate surface area is 147 Å². The number of rotatable bonds is 15. The van der Waals surface area contributed by atoms with Crippen molar-refractivity contribution in [2.45, 2.75) is 111 Å². The summed E-state index contributed by atoms with van der Waals surface area (Å²) in [7, 11) is 0. The van der Waals surface area contributed by atoms with Crippen molar-refractivity contribution in [1.82, 2.24) is 0 Å². The lowest BCUT2D eigenvalue weighted by molar-refractivity contribution is 0.344. The Morgan fingerprint density at radius 3 is 2.00 bits per heavy atom. The summed E-state index contributed by atoms with van der Waals surface area (Å²) in [6, 6.07) is 0.338. The van der Waals surface area contributed by atoms with Crippen LogP contribution in [-0.2, 0) is 0 Å². The number of allylic oxidation sites excluding steroid dienone is 1. The van der Waals surface area contributed by atoms with Crippen LogP contribution in [0.2, 0.25) is 0 Å². The second-order valence-corrected chi connectivity index (χ2v) is 8.06. The summed E-state index contributed by atoms with van der Waals surface area (Å²) in [5.41, 5.74) is 6.34. The van der Waals surface area contributed by atoms with E-state index in [1.54, 1.807) is 0 Å². The van der Waals surface area contributed by atoms with Crippen LogP contribution in [0.5, 0.6) is 0 Å². The van der Waals surface area contributed by atoms with Gasteiger partial charge in [-0.2, -0.15) is 0 Å². The van der Waals surface area contributed by atoms with Gasteiger partial charge in [-0.25, -0.2) is 0 Å². The third-order valence-electron chi connectivity index (χ3n) is 5.49. The molecule has 0 aliphatic heterocycles. The highest BCUT2D eigenvalue weighted by atomic mass is 14.6. The van der Waals surface area contributed by atoms with Gasteiger partial charge in [0.25, 0.3) is 0 Å². The van der Waals surface area contributed by atoms with E-state index >= 15 is 0 Å². The Balaban J connectivity index is 3.59. The predicted octanol–water partition coefficient (Wildman–Crippen LogP) is 7.11. The minimum atomic E-state index is 0.338. The molecule has 3 atom stereocenters. The number of hydrogen-bond acceptors (Lipinski definition) is 1. The van der Waals surface area contributed by atoms with Crippen molar-refractivity contribution in [3.8, 4) is 0 Å². The Morgan fingerprint density at radius 1 is 0.739 bits per heavy atom. The highest BCUT2D eigenvalue weighted by Gasteiger charge is 2.12. The lowest BCUT2D eigenvalue weighted by Crippen LogP contribution is -2.27. The van der Waals surface area contributed by atoms with Crippen LogP contribution in [0.4, 0.5) is 0 Å². The lowest BCUT2D eigenvalue weighted by atomic mass is 9.88. The maximum Gasteiger partial charge on any atom is 0.00992 e. The first-order valence-electron chi connectivity index (χ1n) is 10.4. The van der Waals surface area contributed by atoms with Crippen molar-refractivity contribution in [2.24, 2.45) is 23.5 Å². The molecule has 0 aliphatic rings. The van der Waals surface area contributed by atoms with Gasteiger partial charge in [-0.05, 0) is 43.4 Å². The third kappa shape index (κ3) is 13.8. The van der Waals surface area contributed by atoms with E-state index in [9.17, 15) is 0 Å². The third-order valence-corrected chi connectivity index (χ3v) is 5.49. The van der Waals surface area contributed by atoms with Gasteiger partial charge in [-0.1, -0.05) is 91.7 Å². The predicted molar refractivity (Wildman–Crippen MR) is 107 cm³/mol. The topological polar surface area (TPSA) is 26.0 Å². The highest BCUT2D eigenvalue weighted by molar-refractivity contribution is 4.87. The molecule has 0 saturated carbocycles. The van der Waals surface area contributed by atoms with E-state index in [2.05, 4.69) is 46.8 Å². The standard InChI is InChI=1S/C22H45N/c1-6-7-8-9-10-11-12-13-14-18-22(23)21(5)17-15-16-20(4)19(2)3/h13-14,19-22H,6-12,15-18,23H2,1-5H3/b14-13-. The van der Waals surface area contributed by atoms with Gasteiger partial charge in [0.2, 0.25) is 0 Å². The van der Waals surface area contributed by atoms with Crippen molar-refractivity contribution in [3.63, 3.8) is 0 Å². The molecule has 0 fully saturated rings. The SMILES string of the molecule is CCCCCCCC/C=C\CC(N)C(C)CCCC(C)C(C)C. The molecule has 3 unspecified atom stereocenters. The van der Waals surface area contributed by atoms with Crippen LogP contribution < -0.4 is 5.73 Å². The van der Waals surface area contributed by atoms with Gasteiger partial charge in [0.05, 0.1) is 0 Å². The fourth-order valence-electron chi connectivity index (χ4n) is 2.96. The largest absolute Gasteiger partial charge is 0.327 e. The van der Waals surface area contributed by atoms with Crippen molar-refractivity contribution < 1.29 is 0 Å². The van der Waals surface area contributed by atoms with Crippen LogP contribution in [0.15, 0.2) is 12.2 Å². The molecule has 0 bridgehead atoms. The summed E-state index contributed by atoms with van der Waals surface area (Å²) in [4.78, 5) is 0. The molecule has 0 radical (unpaired) electrons. The van der Waals surface area contributed by atoms with Crippen LogP contribution in [0.25, 0.3) is 0 Å². The van der Waals surface area contributed by atoms with Crippen molar-refractivity contribution >= 4 is 0 Å². The molecule has 1 nitrogen and oxygen atoms in total. The fraction of sp³-hybridized carbons (Fsp3) is 0.909. The minimum absolute atomic E-state index is 0.338. The van der Waals surface area contributed by atoms with Crippen LogP contribution in [-0.4, -0.2) is 6.04 Å². The second kappa shape index (κ2) is 15.2. The van der Waals surface area contributed by atoms with E-state index in [0.717, 1.165) is 18.3 Å². The summed E-state index contributed by atoms with van der Waals surface area (Å²) in [6.07, 6.45) is 19.2. The minimum Gasteiger partial charge on any atom is -0.327 e. The van der Waals surface area contributed by atoms with Crippen LogP contribution in [0.3, 0.4) is 0 Å². The van der Waals surface area contributed by atoms with E-state index in [1.165, 1.54) is 64.2 Å². The average Bonchev–Trinajstić information content (AvgIpc) is 2.52. The number of hydrogen-bond donors (Lipinski definition) is 1. The first kappa shape index (κ1) is 22.7. The van der Waals surface area contributed by atoms with E-state index in [4.69, 9.17) is 5.73 Å². The Morgan fingerprint density at radius 2 is 1.35 bits per heavy atom. The summed E-state index contributed by atoms with van der Waals surface area (Å²) in [6.45, 7) is 11.6. The van der Waals surface area contributed by atoms with Gasteiger partial charge >= 0.3 is 0 Å². The van der Waals surface area contributed by atoms with Gasteiger partial charge in [-0.15, -0.1) is 0 Å². The van der Waals surface area contributed by atoms with E-state index in [1.807, 2.05) is 0 Å². The van der Waals surface area contributed by atoms with Crippen LogP contribution >= 0.6 is 0 Å². The molecule has 23 heavy (non-hydrogen) atoms. The average molecular weight is 324 g/mol. The molecule has 0 aromatic heterocycles. The Bertz CT molecular complexity index is 269. The first-order valence-corrected chi connectivity index (χ1v) is 10.4. The molecule has 0 spiro atoms. The monoisotopic (exact) mass is 323 g/mol. The van der Waals surface area contributed by atoms with E-state index in [-0.39, 0.29) is 0 Å². The van der Waals surface area contributed by atoms with Gasteiger partial charge < -0.3 is 5.73 Å². The fourth-order valence-corrected chi connectivity index (χ4v) is 2.96. The highest BCUT2D eigenvalue weighted by Crippen LogP contribution is 2.20. The van der Waals surface area contributed by atoms with Crippen LogP contribution in [0.1, 0.15) is 105 Å². The Kier molecular flexibility index (Phi) is 15.0. The maximum atomic E-state index is 6.34. The molecule has 1 heteroatoms. The zero-order valence-electron chi connectivity index (χ0n) is 16.8. The molecule has 0 amide bonds. The molecular weight excluding hydrogens is 278 g/mol. The van der Waals surface area contributed by atoms with E-state index in [0.29, 0.717) is 12.0 Å². The molecule has 138 valence electrons. The van der Waals surface area contributed by atoms with E-state index < -0.39 is 0 Å². The lowest BCUT2D eigenvalue weighted by Gasteiger charge is -2.20. The second-order valence-electron chi connectivity index (χ2n) is 8.06. The molecule has 0 aromatic carbocycles. The molecule has 0 aromatic rings. The first-order chi connectivity index (χ1) is 11.0. The van der Waals surface area contributed by atoms with Gasteiger partial charge in [-0.3, -0.25) is 0 Å². The number of nitrogens with two attached hydrogens (primary N) is 1. The van der Waals surface area contributed by atoms with Crippen LogP contribution in [0, 0.1) is 17.8 Å². The van der Waals surface area contributed by atoms with Crippen molar-refractivity contribution in [2.75, 3.05) is 0 Å². The molecular formula is C22H45N.